The maximum atomic E-state index is 11.9. The molecule has 0 fully saturated rings. The molecular formula is C4HF3N2O2S. The largest absolute Gasteiger partial charge is 0.476 e. The van der Waals surface area contributed by atoms with E-state index in [1.807, 2.05) is 0 Å². The van der Waals surface area contributed by atoms with E-state index < -0.39 is 22.7 Å². The molecule has 0 spiro atoms. The fourth-order valence-corrected chi connectivity index (χ4v) is 1.04. The van der Waals surface area contributed by atoms with Crippen LogP contribution < -0.4 is 0 Å². The predicted molar refractivity (Wildman–Crippen MR) is 31.9 cm³/mol. The molecule has 0 bridgehead atoms. The van der Waals surface area contributed by atoms with Crippen LogP contribution in [0.4, 0.5) is 13.2 Å². The van der Waals surface area contributed by atoms with E-state index in [-0.39, 0.29) is 11.5 Å². The summed E-state index contributed by atoms with van der Waals surface area (Å²) in [5.41, 5.74) is -1.05. The van der Waals surface area contributed by atoms with Gasteiger partial charge in [-0.1, -0.05) is 4.49 Å². The average Bonchev–Trinajstić information content (AvgIpc) is 2.30. The molecule has 12 heavy (non-hydrogen) atoms. The van der Waals surface area contributed by atoms with Crippen LogP contribution in [0, 0.1) is 0 Å². The van der Waals surface area contributed by atoms with Crippen LogP contribution in [-0.2, 0) is 6.18 Å². The van der Waals surface area contributed by atoms with Gasteiger partial charge in [0.05, 0.1) is 0 Å². The summed E-state index contributed by atoms with van der Waals surface area (Å²) >= 11 is 0.0179. The zero-order chi connectivity index (χ0) is 9.35. The summed E-state index contributed by atoms with van der Waals surface area (Å²) < 4.78 is 38.6. The lowest BCUT2D eigenvalue weighted by molar-refractivity contribution is -0.135. The Kier molecular flexibility index (Phi) is 2.01. The Morgan fingerprint density at radius 3 is 2.42 bits per heavy atom. The van der Waals surface area contributed by atoms with Gasteiger partial charge in [0.2, 0.25) is 0 Å². The first kappa shape index (κ1) is 8.91. The van der Waals surface area contributed by atoms with Gasteiger partial charge in [-0.2, -0.15) is 13.2 Å². The van der Waals surface area contributed by atoms with Crippen molar-refractivity contribution >= 4 is 17.5 Å². The van der Waals surface area contributed by atoms with Gasteiger partial charge in [0.25, 0.3) is 0 Å². The number of alkyl halides is 3. The van der Waals surface area contributed by atoms with Crippen LogP contribution >= 0.6 is 11.5 Å². The fraction of sp³-hybridized carbons (Fsp3) is 0.250. The van der Waals surface area contributed by atoms with Crippen LogP contribution in [0.15, 0.2) is 0 Å². The molecule has 0 saturated heterocycles. The monoisotopic (exact) mass is 198 g/mol. The molecule has 8 heteroatoms. The van der Waals surface area contributed by atoms with E-state index in [2.05, 4.69) is 9.59 Å². The highest BCUT2D eigenvalue weighted by Gasteiger charge is 2.39. The summed E-state index contributed by atoms with van der Waals surface area (Å²) in [5, 5.41) is 11.1. The smallest absolute Gasteiger partial charge is 0.429 e. The maximum Gasteiger partial charge on any atom is 0.429 e. The van der Waals surface area contributed by atoms with Crippen LogP contribution in [0.3, 0.4) is 0 Å². The highest BCUT2D eigenvalue weighted by molar-refractivity contribution is 7.05. The Bertz CT molecular complexity index is 307. The van der Waals surface area contributed by atoms with Crippen molar-refractivity contribution in [2.24, 2.45) is 0 Å². The summed E-state index contributed by atoms with van der Waals surface area (Å²) in [6, 6.07) is 0. The molecule has 0 aliphatic heterocycles. The van der Waals surface area contributed by atoms with Crippen LogP contribution in [0.25, 0.3) is 0 Å². The first-order valence-corrected chi connectivity index (χ1v) is 3.33. The summed E-state index contributed by atoms with van der Waals surface area (Å²) in [7, 11) is 0. The lowest BCUT2D eigenvalue weighted by atomic mass is 10.3. The van der Waals surface area contributed by atoms with Crippen LogP contribution in [0.5, 0.6) is 0 Å². The Balaban J connectivity index is 3.17. The van der Waals surface area contributed by atoms with Gasteiger partial charge in [0.1, 0.15) is 0 Å². The molecule has 66 valence electrons. The Morgan fingerprint density at radius 1 is 1.50 bits per heavy atom. The minimum atomic E-state index is -4.69. The molecule has 1 aromatic rings. The average molecular weight is 198 g/mol. The lowest BCUT2D eigenvalue weighted by Crippen LogP contribution is -2.10. The van der Waals surface area contributed by atoms with E-state index in [1.54, 1.807) is 0 Å². The van der Waals surface area contributed by atoms with E-state index in [0.29, 0.717) is 0 Å². The topological polar surface area (TPSA) is 63.1 Å². The second-order valence-corrected chi connectivity index (χ2v) is 2.51. The Morgan fingerprint density at radius 2 is 2.08 bits per heavy atom. The van der Waals surface area contributed by atoms with E-state index in [1.165, 1.54) is 0 Å². The summed E-state index contributed by atoms with van der Waals surface area (Å²) in [6.07, 6.45) is -4.69. The van der Waals surface area contributed by atoms with Gasteiger partial charge >= 0.3 is 12.1 Å². The number of rotatable bonds is 1. The fourth-order valence-electron chi connectivity index (χ4n) is 0.517. The third-order valence-electron chi connectivity index (χ3n) is 0.948. The first-order chi connectivity index (χ1) is 5.43. The zero-order valence-electron chi connectivity index (χ0n) is 5.29. The van der Waals surface area contributed by atoms with Gasteiger partial charge in [-0.05, 0) is 11.5 Å². The number of hydrogen-bond donors (Lipinski definition) is 1. The number of aromatic nitrogens is 2. The maximum absolute atomic E-state index is 11.9. The number of halogens is 3. The SMILES string of the molecule is O=C(O)c1nnsc1C(F)(F)F. The van der Waals surface area contributed by atoms with E-state index in [9.17, 15) is 18.0 Å². The highest BCUT2D eigenvalue weighted by atomic mass is 32.1. The minimum Gasteiger partial charge on any atom is -0.476 e. The van der Waals surface area contributed by atoms with Crippen molar-refractivity contribution in [1.82, 2.24) is 9.59 Å². The quantitative estimate of drug-likeness (QED) is 0.737. The summed E-state index contributed by atoms with van der Waals surface area (Å²) in [4.78, 5) is 8.85. The van der Waals surface area contributed by atoms with Gasteiger partial charge in [-0.3, -0.25) is 0 Å². The van der Waals surface area contributed by atoms with Crippen molar-refractivity contribution in [2.75, 3.05) is 0 Å². The third-order valence-corrected chi connectivity index (χ3v) is 1.72. The molecule has 0 aliphatic rings. The predicted octanol–water partition coefficient (Wildman–Crippen LogP) is 1.26. The molecule has 0 aromatic carbocycles. The van der Waals surface area contributed by atoms with Crippen molar-refractivity contribution in [2.45, 2.75) is 6.18 Å². The first-order valence-electron chi connectivity index (χ1n) is 2.55. The van der Waals surface area contributed by atoms with Gasteiger partial charge in [0, 0.05) is 0 Å². The molecule has 0 aliphatic carbocycles. The number of hydrogen-bond acceptors (Lipinski definition) is 4. The number of nitrogens with zero attached hydrogens (tertiary/aromatic N) is 2. The third kappa shape index (κ3) is 1.52. The molecule has 1 aromatic heterocycles. The van der Waals surface area contributed by atoms with Gasteiger partial charge in [-0.25, -0.2) is 4.79 Å². The second kappa shape index (κ2) is 2.70. The molecule has 0 saturated carbocycles. The van der Waals surface area contributed by atoms with Crippen molar-refractivity contribution in [3.63, 3.8) is 0 Å². The molecule has 1 heterocycles. The Hall–Kier alpha value is -1.18. The molecule has 0 amide bonds. The molecule has 1 N–H and O–H groups in total. The van der Waals surface area contributed by atoms with Crippen LogP contribution in [-0.4, -0.2) is 20.7 Å². The number of aromatic carboxylic acids is 1. The number of carboxylic acids is 1. The van der Waals surface area contributed by atoms with Crippen LogP contribution in [0.1, 0.15) is 15.4 Å². The number of carboxylic acid groups (broad SMARTS) is 1. The van der Waals surface area contributed by atoms with Gasteiger partial charge < -0.3 is 5.11 Å². The molecule has 0 unspecified atom stereocenters. The highest BCUT2D eigenvalue weighted by Crippen LogP contribution is 2.33. The molecular weight excluding hydrogens is 197 g/mol. The normalized spacial score (nSPS) is 11.6. The lowest BCUT2D eigenvalue weighted by Gasteiger charge is -2.00. The molecule has 4 nitrogen and oxygen atoms in total. The Labute approximate surface area is 67.8 Å². The second-order valence-electron chi connectivity index (χ2n) is 1.75. The van der Waals surface area contributed by atoms with Crippen molar-refractivity contribution < 1.29 is 23.1 Å². The van der Waals surface area contributed by atoms with Crippen molar-refractivity contribution in [3.05, 3.63) is 10.6 Å². The van der Waals surface area contributed by atoms with E-state index in [4.69, 9.17) is 5.11 Å². The summed E-state index contributed by atoms with van der Waals surface area (Å²) in [5.74, 6) is -1.73. The minimum absolute atomic E-state index is 0.0179. The zero-order valence-corrected chi connectivity index (χ0v) is 6.11. The van der Waals surface area contributed by atoms with E-state index in [0.717, 1.165) is 0 Å². The van der Waals surface area contributed by atoms with Gasteiger partial charge in [0.15, 0.2) is 10.6 Å². The van der Waals surface area contributed by atoms with Gasteiger partial charge in [-0.15, -0.1) is 5.10 Å². The van der Waals surface area contributed by atoms with E-state index >= 15 is 0 Å². The standard InChI is InChI=1S/C4HF3N2O2S/c5-4(6,7)2-1(3(10)11)8-9-12-2/h(H,10,11). The van der Waals surface area contributed by atoms with Crippen molar-refractivity contribution in [3.8, 4) is 0 Å². The van der Waals surface area contributed by atoms with Crippen molar-refractivity contribution in [1.29, 1.82) is 0 Å². The van der Waals surface area contributed by atoms with Crippen LogP contribution in [0.2, 0.25) is 0 Å². The number of carbonyl (C=O) groups is 1. The molecule has 1 rings (SSSR count). The molecule has 0 atom stereocenters. The molecule has 0 radical (unpaired) electrons. The summed E-state index contributed by atoms with van der Waals surface area (Å²) in [6.45, 7) is 0.